The normalized spacial score (nSPS) is 11.8. The maximum absolute atomic E-state index is 5.66. The fourth-order valence-electron chi connectivity index (χ4n) is 0.792. The third-order valence-electron chi connectivity index (χ3n) is 1.42. The van der Waals surface area contributed by atoms with Crippen molar-refractivity contribution in [3.05, 3.63) is 0 Å². The standard InChI is InChI=1S/C4H10NO.2C3H7O.Ti/c1-5(2)3-4-6;2*1-3(2)4;/h3-4H2,1-2H3;2*3H,1-2H3;/q3*-1;+3. The molecule has 0 aliphatic rings. The summed E-state index contributed by atoms with van der Waals surface area (Å²) in [7, 11) is 4.05. The molecule has 0 N–H and O–H groups in total. The van der Waals surface area contributed by atoms with Gasteiger partial charge in [-0.1, -0.05) is 0 Å². The predicted octanol–water partition coefficient (Wildman–Crippen LogP) is 1.78. The van der Waals surface area contributed by atoms with E-state index in [2.05, 4.69) is 4.90 Å². The van der Waals surface area contributed by atoms with Crippen molar-refractivity contribution < 1.29 is 29.0 Å². The van der Waals surface area contributed by atoms with Crippen molar-refractivity contribution in [3.63, 3.8) is 0 Å². The fourth-order valence-corrected chi connectivity index (χ4v) is 2.70. The van der Waals surface area contributed by atoms with Gasteiger partial charge in [0.25, 0.3) is 0 Å². The van der Waals surface area contributed by atoms with Crippen LogP contribution in [0.1, 0.15) is 27.7 Å². The number of rotatable bonds is 8. The van der Waals surface area contributed by atoms with Crippen LogP contribution in [0.4, 0.5) is 0 Å². The number of likely N-dealkylation sites (N-methyl/N-ethyl adjacent to an activating group) is 1. The second-order valence-electron chi connectivity index (χ2n) is 4.23. The van der Waals surface area contributed by atoms with E-state index in [-0.39, 0.29) is 12.2 Å². The van der Waals surface area contributed by atoms with Gasteiger partial charge in [0.15, 0.2) is 0 Å². The van der Waals surface area contributed by atoms with Gasteiger partial charge in [-0.15, -0.1) is 0 Å². The molecule has 4 nitrogen and oxygen atoms in total. The Bertz CT molecular complexity index is 144. The molecule has 0 aromatic heterocycles. The van der Waals surface area contributed by atoms with Crippen molar-refractivity contribution in [1.82, 2.24) is 4.90 Å². The molecule has 0 aromatic carbocycles. The van der Waals surface area contributed by atoms with Gasteiger partial charge >= 0.3 is 101 Å². The van der Waals surface area contributed by atoms with Gasteiger partial charge in [-0.2, -0.15) is 0 Å². The molecule has 0 spiro atoms. The number of nitrogens with zero attached hydrogens (tertiary/aromatic N) is 1. The van der Waals surface area contributed by atoms with E-state index >= 15 is 0 Å². The first-order valence-electron chi connectivity index (χ1n) is 5.39. The molecule has 0 aliphatic heterocycles. The first-order chi connectivity index (χ1) is 6.91. The van der Waals surface area contributed by atoms with Crippen LogP contribution in [0.3, 0.4) is 0 Å². The Morgan fingerprint density at radius 3 is 1.80 bits per heavy atom. The minimum absolute atomic E-state index is 0.179. The van der Waals surface area contributed by atoms with Gasteiger partial charge in [-0.25, -0.2) is 0 Å². The molecule has 15 heavy (non-hydrogen) atoms. The van der Waals surface area contributed by atoms with Crippen molar-refractivity contribution in [2.24, 2.45) is 0 Å². The molecule has 0 bridgehead atoms. The van der Waals surface area contributed by atoms with Crippen LogP contribution in [0, 0.1) is 0 Å². The molecular weight excluding hydrogens is 230 g/mol. The summed E-state index contributed by atoms with van der Waals surface area (Å²) < 4.78 is 16.9. The Labute approximate surface area is 101 Å². The van der Waals surface area contributed by atoms with Crippen LogP contribution in [0.5, 0.6) is 0 Å². The van der Waals surface area contributed by atoms with Crippen molar-refractivity contribution in [2.75, 3.05) is 27.2 Å². The first kappa shape index (κ1) is 15.6. The zero-order chi connectivity index (χ0) is 11.8. The van der Waals surface area contributed by atoms with Gasteiger partial charge in [0.2, 0.25) is 0 Å². The molecule has 0 atom stereocenters. The van der Waals surface area contributed by atoms with E-state index in [1.165, 1.54) is 0 Å². The van der Waals surface area contributed by atoms with E-state index in [4.69, 9.17) is 9.96 Å². The van der Waals surface area contributed by atoms with Crippen LogP contribution < -0.4 is 0 Å². The SMILES string of the molecule is CC(C)[O][Ti]([O]CCN(C)C)[O]C(C)C. The molecule has 0 rings (SSSR count). The Kier molecular flexibility index (Phi) is 9.00. The molecule has 0 aromatic rings. The Hall–Kier alpha value is 0.554. The topological polar surface area (TPSA) is 30.9 Å². The molecule has 0 radical (unpaired) electrons. The van der Waals surface area contributed by atoms with Gasteiger partial charge in [-0.05, 0) is 0 Å². The first-order valence-corrected chi connectivity index (χ1v) is 7.31. The molecular formula is C10H24NO3Ti. The Morgan fingerprint density at radius 1 is 1.00 bits per heavy atom. The van der Waals surface area contributed by atoms with Crippen molar-refractivity contribution in [2.45, 2.75) is 39.9 Å². The van der Waals surface area contributed by atoms with Crippen LogP contribution in [0.25, 0.3) is 0 Å². The van der Waals surface area contributed by atoms with Crippen LogP contribution in [0.15, 0.2) is 0 Å². The zero-order valence-electron chi connectivity index (χ0n) is 10.7. The Morgan fingerprint density at radius 2 is 1.47 bits per heavy atom. The van der Waals surface area contributed by atoms with Gasteiger partial charge in [0.1, 0.15) is 0 Å². The summed E-state index contributed by atoms with van der Waals surface area (Å²) in [5.41, 5.74) is 0. The molecule has 0 heterocycles. The third kappa shape index (κ3) is 10.8. The average Bonchev–Trinajstić information content (AvgIpc) is 2.00. The summed E-state index contributed by atoms with van der Waals surface area (Å²) in [4.78, 5) is 2.08. The second-order valence-corrected chi connectivity index (χ2v) is 6.20. The summed E-state index contributed by atoms with van der Waals surface area (Å²) in [6.45, 7) is 9.61. The average molecular weight is 254 g/mol. The molecule has 0 saturated carbocycles. The second kappa shape index (κ2) is 8.68. The van der Waals surface area contributed by atoms with Crippen molar-refractivity contribution in [1.29, 1.82) is 0 Å². The van der Waals surface area contributed by atoms with E-state index < -0.39 is 19.0 Å². The quantitative estimate of drug-likeness (QED) is 0.618. The van der Waals surface area contributed by atoms with E-state index in [1.54, 1.807) is 0 Å². The molecule has 5 heteroatoms. The van der Waals surface area contributed by atoms with Gasteiger partial charge in [-0.3, -0.25) is 0 Å². The molecule has 0 aliphatic carbocycles. The summed E-state index contributed by atoms with van der Waals surface area (Å²) in [6.07, 6.45) is 0.358. The molecule has 0 amide bonds. The summed E-state index contributed by atoms with van der Waals surface area (Å²) in [5.74, 6) is 0. The summed E-state index contributed by atoms with van der Waals surface area (Å²) in [5, 5.41) is 0. The number of hydrogen-bond donors (Lipinski definition) is 0. The summed E-state index contributed by atoms with van der Waals surface area (Å²) >= 11 is -2.21. The monoisotopic (exact) mass is 254 g/mol. The van der Waals surface area contributed by atoms with Crippen LogP contribution in [0.2, 0.25) is 0 Å². The Balaban J connectivity index is 3.79. The van der Waals surface area contributed by atoms with E-state index in [0.717, 1.165) is 6.54 Å². The van der Waals surface area contributed by atoms with Gasteiger partial charge in [0, 0.05) is 0 Å². The molecule has 0 fully saturated rings. The van der Waals surface area contributed by atoms with Gasteiger partial charge in [0.05, 0.1) is 0 Å². The molecule has 0 saturated heterocycles. The van der Waals surface area contributed by atoms with Crippen molar-refractivity contribution in [3.8, 4) is 0 Å². The van der Waals surface area contributed by atoms with Gasteiger partial charge < -0.3 is 0 Å². The molecule has 0 unspecified atom stereocenters. The zero-order valence-corrected chi connectivity index (χ0v) is 12.3. The fraction of sp³-hybridized carbons (Fsp3) is 1.00. The molecule has 91 valence electrons. The van der Waals surface area contributed by atoms with Crippen molar-refractivity contribution >= 4 is 0 Å². The van der Waals surface area contributed by atoms with E-state index in [1.807, 2.05) is 41.8 Å². The predicted molar refractivity (Wildman–Crippen MR) is 56.9 cm³/mol. The van der Waals surface area contributed by atoms with Crippen LogP contribution in [-0.4, -0.2) is 44.4 Å². The summed E-state index contributed by atoms with van der Waals surface area (Å²) in [6, 6.07) is 0. The maximum atomic E-state index is 5.66. The minimum atomic E-state index is -2.21. The third-order valence-corrected chi connectivity index (χ3v) is 4.18. The number of hydrogen-bond acceptors (Lipinski definition) is 4. The van der Waals surface area contributed by atoms with E-state index in [9.17, 15) is 0 Å². The van der Waals surface area contributed by atoms with E-state index in [0.29, 0.717) is 6.61 Å². The van der Waals surface area contributed by atoms with Crippen LogP contribution >= 0.6 is 0 Å². The van der Waals surface area contributed by atoms with Crippen LogP contribution in [-0.2, 0) is 29.0 Å².